The van der Waals surface area contributed by atoms with Crippen molar-refractivity contribution in [2.24, 2.45) is 5.73 Å². The second-order valence-electron chi connectivity index (χ2n) is 3.31. The van der Waals surface area contributed by atoms with Gasteiger partial charge in [-0.1, -0.05) is 6.92 Å². The van der Waals surface area contributed by atoms with Crippen LogP contribution in [0.15, 0.2) is 0 Å². The Morgan fingerprint density at radius 1 is 1.50 bits per heavy atom. The van der Waals surface area contributed by atoms with E-state index in [-0.39, 0.29) is 0 Å². The summed E-state index contributed by atoms with van der Waals surface area (Å²) in [5, 5.41) is 1.00. The first-order valence-electron chi connectivity index (χ1n) is 5.01. The van der Waals surface area contributed by atoms with Crippen LogP contribution in [0.1, 0.15) is 25.6 Å². The van der Waals surface area contributed by atoms with Gasteiger partial charge in [0.2, 0.25) is 5.13 Å². The SMILES string of the molecule is CCCc1nsc(N(C)CCCN)n1. The molecule has 0 aliphatic carbocycles. The van der Waals surface area contributed by atoms with E-state index in [1.54, 1.807) is 0 Å². The molecule has 4 nitrogen and oxygen atoms in total. The van der Waals surface area contributed by atoms with Gasteiger partial charge in [-0.25, -0.2) is 4.98 Å². The van der Waals surface area contributed by atoms with Gasteiger partial charge in [-0.05, 0) is 19.4 Å². The van der Waals surface area contributed by atoms with Crippen molar-refractivity contribution in [3.05, 3.63) is 5.82 Å². The van der Waals surface area contributed by atoms with Gasteiger partial charge in [0.25, 0.3) is 0 Å². The molecule has 0 saturated heterocycles. The molecule has 0 aliphatic rings. The summed E-state index contributed by atoms with van der Waals surface area (Å²) in [6, 6.07) is 0. The Morgan fingerprint density at radius 3 is 2.93 bits per heavy atom. The van der Waals surface area contributed by atoms with Crippen LogP contribution < -0.4 is 10.6 Å². The standard InChI is InChI=1S/C9H18N4S/c1-3-5-8-11-9(14-12-8)13(2)7-4-6-10/h3-7,10H2,1-2H3. The maximum atomic E-state index is 5.45. The monoisotopic (exact) mass is 214 g/mol. The highest BCUT2D eigenvalue weighted by Gasteiger charge is 2.06. The van der Waals surface area contributed by atoms with Crippen LogP contribution in [-0.4, -0.2) is 29.5 Å². The van der Waals surface area contributed by atoms with E-state index in [2.05, 4.69) is 21.2 Å². The van der Waals surface area contributed by atoms with E-state index in [9.17, 15) is 0 Å². The quantitative estimate of drug-likeness (QED) is 0.775. The molecule has 0 unspecified atom stereocenters. The lowest BCUT2D eigenvalue weighted by molar-refractivity contribution is 0.787. The predicted octanol–water partition coefficient (Wildman–Crippen LogP) is 1.28. The largest absolute Gasteiger partial charge is 0.350 e. The maximum Gasteiger partial charge on any atom is 0.204 e. The summed E-state index contributed by atoms with van der Waals surface area (Å²) in [6.45, 7) is 3.82. The Kier molecular flexibility index (Phi) is 4.82. The van der Waals surface area contributed by atoms with Crippen molar-refractivity contribution in [3.63, 3.8) is 0 Å². The first-order chi connectivity index (χ1) is 6.77. The molecule has 80 valence electrons. The van der Waals surface area contributed by atoms with E-state index in [0.717, 1.165) is 43.3 Å². The molecule has 1 aromatic heterocycles. The lowest BCUT2D eigenvalue weighted by atomic mass is 10.3. The zero-order chi connectivity index (χ0) is 10.4. The van der Waals surface area contributed by atoms with Crippen LogP contribution in [-0.2, 0) is 6.42 Å². The number of nitrogens with zero attached hydrogens (tertiary/aromatic N) is 3. The second-order valence-corrected chi connectivity index (χ2v) is 4.04. The number of aryl methyl sites for hydroxylation is 1. The smallest absolute Gasteiger partial charge is 0.204 e. The highest BCUT2D eigenvalue weighted by atomic mass is 32.1. The Labute approximate surface area is 89.3 Å². The number of hydrogen-bond donors (Lipinski definition) is 1. The van der Waals surface area contributed by atoms with Crippen LogP contribution in [0, 0.1) is 0 Å². The zero-order valence-corrected chi connectivity index (χ0v) is 9.68. The lowest BCUT2D eigenvalue weighted by Gasteiger charge is -2.13. The average molecular weight is 214 g/mol. The van der Waals surface area contributed by atoms with Crippen LogP contribution >= 0.6 is 11.5 Å². The third-order valence-electron chi connectivity index (χ3n) is 1.96. The van der Waals surface area contributed by atoms with Crippen molar-refractivity contribution in [1.29, 1.82) is 0 Å². The van der Waals surface area contributed by atoms with Gasteiger partial charge >= 0.3 is 0 Å². The molecule has 1 aromatic rings. The molecule has 0 aliphatic heterocycles. The van der Waals surface area contributed by atoms with E-state index < -0.39 is 0 Å². The van der Waals surface area contributed by atoms with Crippen molar-refractivity contribution >= 4 is 16.7 Å². The molecule has 5 heteroatoms. The Morgan fingerprint density at radius 2 is 2.29 bits per heavy atom. The molecular weight excluding hydrogens is 196 g/mol. The van der Waals surface area contributed by atoms with Crippen molar-refractivity contribution < 1.29 is 0 Å². The minimum Gasteiger partial charge on any atom is -0.350 e. The van der Waals surface area contributed by atoms with Gasteiger partial charge in [-0.2, -0.15) is 4.37 Å². The summed E-state index contributed by atoms with van der Waals surface area (Å²) in [5.74, 6) is 0.965. The summed E-state index contributed by atoms with van der Waals surface area (Å²) in [4.78, 5) is 6.56. The predicted molar refractivity (Wildman–Crippen MR) is 60.8 cm³/mol. The maximum absolute atomic E-state index is 5.45. The van der Waals surface area contributed by atoms with E-state index >= 15 is 0 Å². The number of rotatable bonds is 6. The minimum absolute atomic E-state index is 0.727. The first kappa shape index (κ1) is 11.4. The van der Waals surface area contributed by atoms with Crippen molar-refractivity contribution in [3.8, 4) is 0 Å². The van der Waals surface area contributed by atoms with Gasteiger partial charge < -0.3 is 10.6 Å². The molecule has 0 spiro atoms. The van der Waals surface area contributed by atoms with Gasteiger partial charge in [0.05, 0.1) is 0 Å². The average Bonchev–Trinajstić information content (AvgIpc) is 2.63. The van der Waals surface area contributed by atoms with Crippen LogP contribution in [0.25, 0.3) is 0 Å². The second kappa shape index (κ2) is 5.93. The van der Waals surface area contributed by atoms with E-state index in [1.165, 1.54) is 11.5 Å². The Balaban J connectivity index is 2.48. The molecule has 0 bridgehead atoms. The van der Waals surface area contributed by atoms with Gasteiger partial charge in [-0.15, -0.1) is 0 Å². The van der Waals surface area contributed by atoms with Gasteiger partial charge in [0, 0.05) is 31.5 Å². The molecular formula is C9H18N4S. The van der Waals surface area contributed by atoms with Crippen LogP contribution in [0.3, 0.4) is 0 Å². The normalized spacial score (nSPS) is 10.5. The zero-order valence-electron chi connectivity index (χ0n) is 8.86. The summed E-state index contributed by atoms with van der Waals surface area (Å²) in [6.07, 6.45) is 3.07. The number of aromatic nitrogens is 2. The van der Waals surface area contributed by atoms with Crippen LogP contribution in [0.5, 0.6) is 0 Å². The van der Waals surface area contributed by atoms with Crippen LogP contribution in [0.4, 0.5) is 5.13 Å². The molecule has 0 atom stereocenters. The molecule has 1 heterocycles. The van der Waals surface area contributed by atoms with Gasteiger partial charge in [0.15, 0.2) is 0 Å². The Hall–Kier alpha value is -0.680. The highest BCUT2D eigenvalue weighted by molar-refractivity contribution is 7.09. The molecule has 0 radical (unpaired) electrons. The molecule has 0 fully saturated rings. The van der Waals surface area contributed by atoms with Crippen molar-refractivity contribution in [1.82, 2.24) is 9.36 Å². The van der Waals surface area contributed by atoms with Crippen LogP contribution in [0.2, 0.25) is 0 Å². The minimum atomic E-state index is 0.727. The summed E-state index contributed by atoms with van der Waals surface area (Å²) < 4.78 is 4.29. The number of nitrogens with two attached hydrogens (primary N) is 1. The third kappa shape index (κ3) is 3.23. The van der Waals surface area contributed by atoms with Crippen molar-refractivity contribution in [2.45, 2.75) is 26.2 Å². The summed E-state index contributed by atoms with van der Waals surface area (Å²) in [5.41, 5.74) is 5.45. The fraction of sp³-hybridized carbons (Fsp3) is 0.778. The Bertz CT molecular complexity index is 261. The topological polar surface area (TPSA) is 55.0 Å². The summed E-state index contributed by atoms with van der Waals surface area (Å²) >= 11 is 1.47. The summed E-state index contributed by atoms with van der Waals surface area (Å²) in [7, 11) is 2.03. The van der Waals surface area contributed by atoms with E-state index in [0.29, 0.717) is 0 Å². The molecule has 14 heavy (non-hydrogen) atoms. The fourth-order valence-electron chi connectivity index (χ4n) is 1.15. The first-order valence-corrected chi connectivity index (χ1v) is 5.79. The fourth-order valence-corrected chi connectivity index (χ4v) is 1.85. The van der Waals surface area contributed by atoms with Gasteiger partial charge in [-0.3, -0.25) is 0 Å². The molecule has 0 amide bonds. The third-order valence-corrected chi connectivity index (χ3v) is 2.82. The molecule has 0 saturated carbocycles. The van der Waals surface area contributed by atoms with E-state index in [4.69, 9.17) is 5.73 Å². The molecule has 2 N–H and O–H groups in total. The van der Waals surface area contributed by atoms with Crippen molar-refractivity contribution in [2.75, 3.05) is 25.0 Å². The molecule has 0 aromatic carbocycles. The highest BCUT2D eigenvalue weighted by Crippen LogP contribution is 2.16. The van der Waals surface area contributed by atoms with E-state index in [1.807, 2.05) is 7.05 Å². The van der Waals surface area contributed by atoms with Gasteiger partial charge in [0.1, 0.15) is 5.82 Å². The lowest BCUT2D eigenvalue weighted by Crippen LogP contribution is -2.20. The molecule has 1 rings (SSSR count). The number of anilines is 1. The number of hydrogen-bond acceptors (Lipinski definition) is 5.